The molecule has 0 aliphatic heterocycles. The van der Waals surface area contributed by atoms with Gasteiger partial charge >= 0.3 is 0 Å². The van der Waals surface area contributed by atoms with Crippen molar-refractivity contribution in [3.63, 3.8) is 0 Å². The number of rotatable bonds is 1. The molecule has 0 radical (unpaired) electrons. The molecule has 0 aromatic heterocycles. The number of nitrogens with two attached hydrogens (primary N) is 1. The Kier molecular flexibility index (Phi) is 2.52. The van der Waals surface area contributed by atoms with Crippen LogP contribution in [0.1, 0.15) is 0 Å². The molecule has 0 saturated carbocycles. The van der Waals surface area contributed by atoms with Crippen LogP contribution in [0.2, 0.25) is 5.02 Å². The van der Waals surface area contributed by atoms with Crippen LogP contribution in [0.15, 0.2) is 42.5 Å². The highest BCUT2D eigenvalue weighted by atomic mass is 35.5. The fourth-order valence-electron chi connectivity index (χ4n) is 1.50. The van der Waals surface area contributed by atoms with Crippen molar-refractivity contribution in [2.45, 2.75) is 0 Å². The number of phenolic OH excluding ortho intramolecular Hbond substituents is 1. The molecule has 2 aromatic rings. The van der Waals surface area contributed by atoms with Crippen LogP contribution in [0.5, 0.6) is 5.75 Å². The van der Waals surface area contributed by atoms with E-state index in [-0.39, 0.29) is 5.75 Å². The lowest BCUT2D eigenvalue weighted by Crippen LogP contribution is -1.87. The smallest absolute Gasteiger partial charge is 0.126 e. The van der Waals surface area contributed by atoms with Gasteiger partial charge in [0.05, 0.1) is 5.02 Å². The zero-order valence-corrected chi connectivity index (χ0v) is 8.70. The molecule has 2 nitrogen and oxygen atoms in total. The standard InChI is InChI=1S/C12H10ClNO/c13-10-6-9(14)7-11(15)12(10)8-4-2-1-3-5-8/h1-7,15H,14H2. The van der Waals surface area contributed by atoms with Gasteiger partial charge in [0.2, 0.25) is 0 Å². The van der Waals surface area contributed by atoms with Crippen molar-refractivity contribution in [1.29, 1.82) is 0 Å². The maximum Gasteiger partial charge on any atom is 0.126 e. The summed E-state index contributed by atoms with van der Waals surface area (Å²) in [4.78, 5) is 0. The van der Waals surface area contributed by atoms with Crippen molar-refractivity contribution >= 4 is 17.3 Å². The van der Waals surface area contributed by atoms with Gasteiger partial charge in [0, 0.05) is 17.3 Å². The topological polar surface area (TPSA) is 46.2 Å². The number of benzene rings is 2. The van der Waals surface area contributed by atoms with E-state index in [9.17, 15) is 5.11 Å². The second-order valence-electron chi connectivity index (χ2n) is 3.26. The van der Waals surface area contributed by atoms with E-state index in [2.05, 4.69) is 0 Å². The molecule has 0 bridgehead atoms. The first-order valence-corrected chi connectivity index (χ1v) is 4.89. The molecule has 0 spiro atoms. The third-order valence-electron chi connectivity index (χ3n) is 2.15. The largest absolute Gasteiger partial charge is 0.507 e. The zero-order valence-electron chi connectivity index (χ0n) is 7.94. The lowest BCUT2D eigenvalue weighted by molar-refractivity contribution is 0.477. The summed E-state index contributed by atoms with van der Waals surface area (Å²) in [6.07, 6.45) is 0. The Morgan fingerprint density at radius 1 is 1.07 bits per heavy atom. The highest BCUT2D eigenvalue weighted by Gasteiger charge is 2.09. The maximum atomic E-state index is 9.76. The van der Waals surface area contributed by atoms with Gasteiger partial charge in [0.15, 0.2) is 0 Å². The predicted molar refractivity (Wildman–Crippen MR) is 63.0 cm³/mol. The van der Waals surface area contributed by atoms with Crippen LogP contribution in [-0.4, -0.2) is 5.11 Å². The zero-order chi connectivity index (χ0) is 10.8. The molecule has 0 heterocycles. The molecule has 0 atom stereocenters. The van der Waals surface area contributed by atoms with Crippen LogP contribution in [0.4, 0.5) is 5.69 Å². The summed E-state index contributed by atoms with van der Waals surface area (Å²) in [5.74, 6) is 0.103. The minimum Gasteiger partial charge on any atom is -0.507 e. The Hall–Kier alpha value is -1.67. The van der Waals surface area contributed by atoms with E-state index in [1.54, 1.807) is 6.07 Å². The molecule has 2 aromatic carbocycles. The van der Waals surface area contributed by atoms with E-state index in [0.29, 0.717) is 16.3 Å². The lowest BCUT2D eigenvalue weighted by atomic mass is 10.0. The number of anilines is 1. The number of phenols is 1. The molecule has 0 amide bonds. The molecule has 0 fully saturated rings. The van der Waals surface area contributed by atoms with E-state index in [1.807, 2.05) is 30.3 Å². The fourth-order valence-corrected chi connectivity index (χ4v) is 1.84. The van der Waals surface area contributed by atoms with Gasteiger partial charge in [0.1, 0.15) is 5.75 Å². The van der Waals surface area contributed by atoms with E-state index in [1.165, 1.54) is 6.07 Å². The molecule has 15 heavy (non-hydrogen) atoms. The summed E-state index contributed by atoms with van der Waals surface area (Å²) in [5, 5.41) is 10.2. The van der Waals surface area contributed by atoms with Gasteiger partial charge in [-0.25, -0.2) is 0 Å². The van der Waals surface area contributed by atoms with Crippen molar-refractivity contribution in [3.05, 3.63) is 47.5 Å². The Bertz CT molecular complexity index is 459. The minimum atomic E-state index is 0.103. The van der Waals surface area contributed by atoms with Crippen LogP contribution < -0.4 is 5.73 Å². The summed E-state index contributed by atoms with van der Waals surface area (Å²) >= 11 is 6.03. The molecule has 0 saturated heterocycles. The summed E-state index contributed by atoms with van der Waals surface area (Å²) in [7, 11) is 0. The number of halogens is 1. The molecule has 76 valence electrons. The maximum absolute atomic E-state index is 9.76. The summed E-state index contributed by atoms with van der Waals surface area (Å²) in [6, 6.07) is 12.6. The van der Waals surface area contributed by atoms with Gasteiger partial charge in [0.25, 0.3) is 0 Å². The van der Waals surface area contributed by atoms with Crippen LogP contribution in [0.25, 0.3) is 11.1 Å². The van der Waals surface area contributed by atoms with Crippen LogP contribution >= 0.6 is 11.6 Å². The number of hydrogen-bond donors (Lipinski definition) is 2. The average molecular weight is 220 g/mol. The number of nitrogen functional groups attached to an aromatic ring is 1. The normalized spacial score (nSPS) is 10.2. The lowest BCUT2D eigenvalue weighted by Gasteiger charge is -2.08. The van der Waals surface area contributed by atoms with E-state index in [4.69, 9.17) is 17.3 Å². The fraction of sp³-hybridized carbons (Fsp3) is 0. The summed E-state index contributed by atoms with van der Waals surface area (Å²) in [5.41, 5.74) is 7.51. The van der Waals surface area contributed by atoms with Crippen molar-refractivity contribution < 1.29 is 5.11 Å². The van der Waals surface area contributed by atoms with Crippen molar-refractivity contribution in [2.24, 2.45) is 0 Å². The van der Waals surface area contributed by atoms with Gasteiger partial charge < -0.3 is 10.8 Å². The molecule has 3 N–H and O–H groups in total. The van der Waals surface area contributed by atoms with Gasteiger partial charge in [-0.1, -0.05) is 41.9 Å². The number of aromatic hydroxyl groups is 1. The predicted octanol–water partition coefficient (Wildman–Crippen LogP) is 3.29. The Morgan fingerprint density at radius 3 is 2.33 bits per heavy atom. The van der Waals surface area contributed by atoms with E-state index < -0.39 is 0 Å². The minimum absolute atomic E-state index is 0.103. The first-order valence-electron chi connectivity index (χ1n) is 4.52. The summed E-state index contributed by atoms with van der Waals surface area (Å²) < 4.78 is 0. The first-order chi connectivity index (χ1) is 7.18. The monoisotopic (exact) mass is 219 g/mol. The van der Waals surface area contributed by atoms with Crippen LogP contribution in [0.3, 0.4) is 0 Å². The highest BCUT2D eigenvalue weighted by Crippen LogP contribution is 2.37. The van der Waals surface area contributed by atoms with Crippen LogP contribution in [-0.2, 0) is 0 Å². The molecule has 2 rings (SSSR count). The molecule has 0 aliphatic carbocycles. The average Bonchev–Trinajstić information content (AvgIpc) is 2.17. The molecule has 0 unspecified atom stereocenters. The molecule has 3 heteroatoms. The second kappa shape index (κ2) is 3.83. The Balaban J connectivity index is 2.64. The number of hydrogen-bond acceptors (Lipinski definition) is 2. The Labute approximate surface area is 92.9 Å². The van der Waals surface area contributed by atoms with E-state index >= 15 is 0 Å². The second-order valence-corrected chi connectivity index (χ2v) is 3.67. The SMILES string of the molecule is Nc1cc(O)c(-c2ccccc2)c(Cl)c1. The first kappa shape index (κ1) is 9.87. The van der Waals surface area contributed by atoms with Crippen molar-refractivity contribution in [1.82, 2.24) is 0 Å². The van der Waals surface area contributed by atoms with Gasteiger partial charge in [-0.15, -0.1) is 0 Å². The quantitative estimate of drug-likeness (QED) is 0.723. The Morgan fingerprint density at radius 2 is 1.73 bits per heavy atom. The molecule has 0 aliphatic rings. The third kappa shape index (κ3) is 1.90. The van der Waals surface area contributed by atoms with Gasteiger partial charge in [-0.05, 0) is 11.6 Å². The summed E-state index contributed by atoms with van der Waals surface area (Å²) in [6.45, 7) is 0. The van der Waals surface area contributed by atoms with Gasteiger partial charge in [-0.3, -0.25) is 0 Å². The van der Waals surface area contributed by atoms with Crippen LogP contribution in [0, 0.1) is 0 Å². The highest BCUT2D eigenvalue weighted by molar-refractivity contribution is 6.34. The van der Waals surface area contributed by atoms with Gasteiger partial charge in [-0.2, -0.15) is 0 Å². The van der Waals surface area contributed by atoms with Crippen molar-refractivity contribution in [2.75, 3.05) is 5.73 Å². The van der Waals surface area contributed by atoms with Crippen molar-refractivity contribution in [3.8, 4) is 16.9 Å². The third-order valence-corrected chi connectivity index (χ3v) is 2.45. The van der Waals surface area contributed by atoms with E-state index in [0.717, 1.165) is 5.56 Å². The molecular weight excluding hydrogens is 210 g/mol. The molecular formula is C12H10ClNO.